The van der Waals surface area contributed by atoms with Crippen LogP contribution in [0.1, 0.15) is 25.3 Å². The minimum Gasteiger partial charge on any atom is -0.320 e. The molecular formula is C17H17NOS. The molecule has 3 rings (SSSR count). The zero-order chi connectivity index (χ0) is 13.9. The van der Waals surface area contributed by atoms with Gasteiger partial charge in [-0.05, 0) is 41.3 Å². The molecule has 0 atom stereocenters. The van der Waals surface area contributed by atoms with Gasteiger partial charge in [0.1, 0.15) is 0 Å². The third-order valence-electron chi connectivity index (χ3n) is 3.59. The molecule has 0 aliphatic carbocycles. The summed E-state index contributed by atoms with van der Waals surface area (Å²) in [6, 6.07) is 12.0. The van der Waals surface area contributed by atoms with Gasteiger partial charge in [-0.25, -0.2) is 0 Å². The van der Waals surface area contributed by atoms with E-state index in [0.717, 1.165) is 40.6 Å². The van der Waals surface area contributed by atoms with Crippen molar-refractivity contribution in [1.82, 2.24) is 4.98 Å². The Morgan fingerprint density at radius 1 is 1.10 bits per heavy atom. The number of rotatable bonds is 4. The highest BCUT2D eigenvalue weighted by Gasteiger charge is 2.12. The van der Waals surface area contributed by atoms with E-state index in [4.69, 9.17) is 0 Å². The number of thiophene rings is 1. The van der Waals surface area contributed by atoms with Crippen LogP contribution in [0.3, 0.4) is 0 Å². The number of aryl methyl sites for hydroxylation is 1. The van der Waals surface area contributed by atoms with Crippen LogP contribution < -0.4 is 5.56 Å². The molecule has 20 heavy (non-hydrogen) atoms. The molecule has 0 aliphatic heterocycles. The van der Waals surface area contributed by atoms with Crippen LogP contribution in [0.2, 0.25) is 0 Å². The molecule has 2 nitrogen and oxygen atoms in total. The topological polar surface area (TPSA) is 32.9 Å². The fraction of sp³-hybridized carbons (Fsp3) is 0.235. The number of fused-ring (bicyclic) bond motifs is 1. The number of pyridine rings is 1. The molecule has 0 saturated carbocycles. The fourth-order valence-electron chi connectivity index (χ4n) is 2.58. The first-order chi connectivity index (χ1) is 9.81. The molecule has 0 amide bonds. The van der Waals surface area contributed by atoms with E-state index < -0.39 is 0 Å². The first kappa shape index (κ1) is 13.1. The zero-order valence-corrected chi connectivity index (χ0v) is 12.3. The van der Waals surface area contributed by atoms with Crippen LogP contribution in [0.25, 0.3) is 21.3 Å². The standard InChI is InChI=1S/C17H17NOS/c1-2-3-7-13-12-8-4-5-9-14(12)17(19)18-16(13)15-10-6-11-20-15/h4-6,8-11H,2-3,7H2,1H3,(H,18,19). The molecule has 0 spiro atoms. The quantitative estimate of drug-likeness (QED) is 0.745. The van der Waals surface area contributed by atoms with E-state index in [1.54, 1.807) is 11.3 Å². The molecule has 3 heteroatoms. The molecule has 0 unspecified atom stereocenters. The fourth-order valence-corrected chi connectivity index (χ4v) is 3.33. The van der Waals surface area contributed by atoms with Crippen molar-refractivity contribution in [1.29, 1.82) is 0 Å². The van der Waals surface area contributed by atoms with E-state index in [9.17, 15) is 4.79 Å². The summed E-state index contributed by atoms with van der Waals surface area (Å²) in [7, 11) is 0. The van der Waals surface area contributed by atoms with E-state index in [2.05, 4.69) is 24.0 Å². The van der Waals surface area contributed by atoms with Crippen LogP contribution in [0.5, 0.6) is 0 Å². The predicted molar refractivity (Wildman–Crippen MR) is 86.5 cm³/mol. The first-order valence-corrected chi connectivity index (χ1v) is 7.87. The van der Waals surface area contributed by atoms with Gasteiger partial charge in [0.05, 0.1) is 10.6 Å². The molecule has 0 radical (unpaired) electrons. The molecule has 1 aromatic carbocycles. The van der Waals surface area contributed by atoms with Gasteiger partial charge in [-0.1, -0.05) is 37.6 Å². The average Bonchev–Trinajstić information content (AvgIpc) is 3.00. The van der Waals surface area contributed by atoms with Crippen LogP contribution in [-0.2, 0) is 6.42 Å². The van der Waals surface area contributed by atoms with Crippen LogP contribution in [0, 0.1) is 0 Å². The highest BCUT2D eigenvalue weighted by Crippen LogP contribution is 2.30. The smallest absolute Gasteiger partial charge is 0.256 e. The van der Waals surface area contributed by atoms with Crippen LogP contribution in [-0.4, -0.2) is 4.98 Å². The monoisotopic (exact) mass is 283 g/mol. The van der Waals surface area contributed by atoms with Crippen molar-refractivity contribution in [2.75, 3.05) is 0 Å². The second kappa shape index (κ2) is 5.63. The van der Waals surface area contributed by atoms with Gasteiger partial charge in [0.25, 0.3) is 5.56 Å². The first-order valence-electron chi connectivity index (χ1n) is 6.99. The Balaban J connectivity index is 2.30. The maximum Gasteiger partial charge on any atom is 0.256 e. The third-order valence-corrected chi connectivity index (χ3v) is 4.47. The van der Waals surface area contributed by atoms with E-state index in [1.807, 2.05) is 29.6 Å². The summed E-state index contributed by atoms with van der Waals surface area (Å²) in [6.07, 6.45) is 3.28. The third kappa shape index (κ3) is 2.29. The Hall–Kier alpha value is -1.87. The lowest BCUT2D eigenvalue weighted by atomic mass is 9.98. The van der Waals surface area contributed by atoms with Crippen LogP contribution in [0.15, 0.2) is 46.6 Å². The minimum absolute atomic E-state index is 0.00393. The van der Waals surface area contributed by atoms with Gasteiger partial charge in [0, 0.05) is 5.39 Å². The molecule has 0 bridgehead atoms. The van der Waals surface area contributed by atoms with Gasteiger partial charge in [-0.2, -0.15) is 0 Å². The van der Waals surface area contributed by atoms with Gasteiger partial charge in [-0.3, -0.25) is 4.79 Å². The van der Waals surface area contributed by atoms with Gasteiger partial charge in [0.15, 0.2) is 0 Å². The molecule has 102 valence electrons. The normalized spacial score (nSPS) is 11.1. The summed E-state index contributed by atoms with van der Waals surface area (Å²) in [5.41, 5.74) is 2.27. The maximum atomic E-state index is 12.3. The van der Waals surface area contributed by atoms with Gasteiger partial charge in [-0.15, -0.1) is 11.3 Å². The summed E-state index contributed by atoms with van der Waals surface area (Å²) < 4.78 is 0. The minimum atomic E-state index is 0.00393. The Kier molecular flexibility index (Phi) is 3.70. The highest BCUT2D eigenvalue weighted by molar-refractivity contribution is 7.13. The lowest BCUT2D eigenvalue weighted by Gasteiger charge is -2.11. The SMILES string of the molecule is CCCCc1c(-c2cccs2)[nH]c(=O)c2ccccc12. The number of H-pyrrole nitrogens is 1. The summed E-state index contributed by atoms with van der Waals surface area (Å²) in [6.45, 7) is 2.19. The second-order valence-electron chi connectivity index (χ2n) is 4.93. The number of unbranched alkanes of at least 4 members (excludes halogenated alkanes) is 1. The molecule has 0 saturated heterocycles. The Bertz CT molecular complexity index is 771. The van der Waals surface area contributed by atoms with E-state index in [1.165, 1.54) is 5.56 Å². The predicted octanol–water partition coefficient (Wildman–Crippen LogP) is 4.60. The number of aromatic amines is 1. The van der Waals surface area contributed by atoms with E-state index in [0.29, 0.717) is 0 Å². The van der Waals surface area contributed by atoms with Gasteiger partial charge < -0.3 is 4.98 Å². The van der Waals surface area contributed by atoms with Crippen molar-refractivity contribution in [2.24, 2.45) is 0 Å². The largest absolute Gasteiger partial charge is 0.320 e. The van der Waals surface area contributed by atoms with Crippen molar-refractivity contribution >= 4 is 22.1 Å². The second-order valence-corrected chi connectivity index (χ2v) is 5.88. The summed E-state index contributed by atoms with van der Waals surface area (Å²) in [4.78, 5) is 16.5. The van der Waals surface area contributed by atoms with Gasteiger partial charge in [0.2, 0.25) is 0 Å². The van der Waals surface area contributed by atoms with E-state index >= 15 is 0 Å². The number of aromatic nitrogens is 1. The van der Waals surface area contributed by atoms with E-state index in [-0.39, 0.29) is 5.56 Å². The molecule has 0 aliphatic rings. The molecular weight excluding hydrogens is 266 g/mol. The molecule has 2 heterocycles. The molecule has 0 fully saturated rings. The number of hydrogen-bond acceptors (Lipinski definition) is 2. The Morgan fingerprint density at radius 2 is 1.90 bits per heavy atom. The maximum absolute atomic E-state index is 12.3. The Labute approximate surface area is 122 Å². The van der Waals surface area contributed by atoms with Crippen LogP contribution in [0.4, 0.5) is 0 Å². The van der Waals surface area contributed by atoms with Crippen molar-refractivity contribution in [3.05, 3.63) is 57.7 Å². The molecule has 2 aromatic heterocycles. The average molecular weight is 283 g/mol. The van der Waals surface area contributed by atoms with Crippen LogP contribution >= 0.6 is 11.3 Å². The summed E-state index contributed by atoms with van der Waals surface area (Å²) >= 11 is 1.67. The van der Waals surface area contributed by atoms with Gasteiger partial charge >= 0.3 is 0 Å². The lowest BCUT2D eigenvalue weighted by molar-refractivity contribution is 0.797. The lowest BCUT2D eigenvalue weighted by Crippen LogP contribution is -2.10. The number of nitrogens with one attached hydrogen (secondary N) is 1. The summed E-state index contributed by atoms with van der Waals surface area (Å²) in [5.74, 6) is 0. The number of hydrogen-bond donors (Lipinski definition) is 1. The number of benzene rings is 1. The molecule has 1 N–H and O–H groups in total. The van der Waals surface area contributed by atoms with Crippen molar-refractivity contribution in [2.45, 2.75) is 26.2 Å². The molecule has 3 aromatic rings. The zero-order valence-electron chi connectivity index (χ0n) is 11.5. The summed E-state index contributed by atoms with van der Waals surface area (Å²) in [5, 5.41) is 3.93. The van der Waals surface area contributed by atoms with Crippen molar-refractivity contribution < 1.29 is 0 Å². The van der Waals surface area contributed by atoms with Crippen molar-refractivity contribution in [3.8, 4) is 10.6 Å². The Morgan fingerprint density at radius 3 is 2.60 bits per heavy atom. The highest BCUT2D eigenvalue weighted by atomic mass is 32.1. The van der Waals surface area contributed by atoms with Crippen molar-refractivity contribution in [3.63, 3.8) is 0 Å².